The Morgan fingerprint density at radius 3 is 2.46 bits per heavy atom. The van der Waals surface area contributed by atoms with Crippen molar-refractivity contribution in [2.24, 2.45) is 11.3 Å². The van der Waals surface area contributed by atoms with E-state index in [0.717, 1.165) is 44.9 Å². The van der Waals surface area contributed by atoms with Gasteiger partial charge in [-0.1, -0.05) is 36.4 Å². The number of β-lactam (4-membered cyclic amide) rings is 1. The van der Waals surface area contributed by atoms with Crippen LogP contribution in [0.3, 0.4) is 0 Å². The van der Waals surface area contributed by atoms with Crippen LogP contribution in [0.5, 0.6) is 0 Å². The first-order valence-corrected chi connectivity index (χ1v) is 10.7. The molecule has 3 aliphatic rings. The van der Waals surface area contributed by atoms with Crippen LogP contribution in [0.4, 0.5) is 0 Å². The zero-order valence-electron chi connectivity index (χ0n) is 15.1. The highest BCUT2D eigenvalue weighted by Crippen LogP contribution is 2.57. The second-order valence-electron chi connectivity index (χ2n) is 8.23. The van der Waals surface area contributed by atoms with Crippen molar-refractivity contribution in [1.29, 1.82) is 0 Å². The fraction of sp³-hybridized carbons (Fsp3) is 0.500. The minimum atomic E-state index is -0.151. The van der Waals surface area contributed by atoms with Crippen molar-refractivity contribution >= 4 is 17.2 Å². The average molecular weight is 367 g/mol. The van der Waals surface area contributed by atoms with Gasteiger partial charge in [-0.25, -0.2) is 0 Å². The molecule has 0 unspecified atom stereocenters. The maximum absolute atomic E-state index is 13.2. The van der Waals surface area contributed by atoms with E-state index in [4.69, 9.17) is 0 Å². The molecule has 0 bridgehead atoms. The summed E-state index contributed by atoms with van der Waals surface area (Å²) < 4.78 is 0. The Labute approximate surface area is 159 Å². The Kier molecular flexibility index (Phi) is 4.13. The number of benzene rings is 1. The van der Waals surface area contributed by atoms with Gasteiger partial charge in [-0.3, -0.25) is 9.69 Å². The summed E-state index contributed by atoms with van der Waals surface area (Å²) in [6, 6.07) is 15.4. The lowest BCUT2D eigenvalue weighted by molar-refractivity contribution is -0.181. The topological polar surface area (TPSA) is 23.6 Å². The number of hydrogen-bond acceptors (Lipinski definition) is 3. The second-order valence-corrected chi connectivity index (χ2v) is 9.26. The summed E-state index contributed by atoms with van der Waals surface area (Å²) in [5.74, 6) is 1.18. The molecule has 1 aromatic heterocycles. The molecular weight excluding hydrogens is 340 g/mol. The van der Waals surface area contributed by atoms with Gasteiger partial charge < -0.3 is 4.90 Å². The minimum Gasteiger partial charge on any atom is -0.334 e. The molecule has 2 aromatic rings. The van der Waals surface area contributed by atoms with E-state index >= 15 is 0 Å². The van der Waals surface area contributed by atoms with Crippen LogP contribution in [0.25, 0.3) is 0 Å². The number of likely N-dealkylation sites (tertiary alicyclic amines) is 2. The fourth-order valence-electron chi connectivity index (χ4n) is 4.87. The highest BCUT2D eigenvalue weighted by Gasteiger charge is 2.61. The Bertz CT molecular complexity index is 761. The van der Waals surface area contributed by atoms with E-state index in [1.807, 2.05) is 11.3 Å². The normalized spacial score (nSPS) is 25.5. The zero-order chi connectivity index (χ0) is 17.6. The molecule has 2 saturated heterocycles. The van der Waals surface area contributed by atoms with Crippen molar-refractivity contribution in [2.75, 3.05) is 19.6 Å². The number of thiophene rings is 1. The number of hydrogen-bond donors (Lipinski definition) is 0. The SMILES string of the molecule is O=C1N(CC2CC2)[C@@H](c2ccccc2)C12CCN(Cc1cccs1)CC2. The first-order valence-electron chi connectivity index (χ1n) is 9.87. The van der Waals surface area contributed by atoms with Gasteiger partial charge in [0, 0.05) is 18.0 Å². The van der Waals surface area contributed by atoms with Crippen LogP contribution in [0.1, 0.15) is 42.2 Å². The van der Waals surface area contributed by atoms with Crippen LogP contribution in [-0.2, 0) is 11.3 Å². The van der Waals surface area contributed by atoms with Gasteiger partial charge in [-0.2, -0.15) is 0 Å². The monoisotopic (exact) mass is 366 g/mol. The number of amides is 1. The number of nitrogens with zero attached hydrogens (tertiary/aromatic N) is 2. The molecule has 4 heteroatoms. The van der Waals surface area contributed by atoms with Crippen LogP contribution in [0, 0.1) is 11.3 Å². The predicted octanol–water partition coefficient (Wildman–Crippen LogP) is 4.32. The highest BCUT2D eigenvalue weighted by molar-refractivity contribution is 7.09. The summed E-state index contributed by atoms with van der Waals surface area (Å²) in [5.41, 5.74) is 1.18. The van der Waals surface area contributed by atoms with Gasteiger partial charge in [-0.15, -0.1) is 11.3 Å². The zero-order valence-corrected chi connectivity index (χ0v) is 16.0. The lowest BCUT2D eigenvalue weighted by Gasteiger charge is -2.59. The van der Waals surface area contributed by atoms with Crippen molar-refractivity contribution in [2.45, 2.75) is 38.3 Å². The molecule has 3 nitrogen and oxygen atoms in total. The van der Waals surface area contributed by atoms with E-state index in [1.165, 1.54) is 23.3 Å². The Morgan fingerprint density at radius 1 is 1.04 bits per heavy atom. The van der Waals surface area contributed by atoms with Gasteiger partial charge in [0.2, 0.25) is 5.91 Å². The highest BCUT2D eigenvalue weighted by atomic mass is 32.1. The largest absolute Gasteiger partial charge is 0.334 e. The summed E-state index contributed by atoms with van der Waals surface area (Å²) >= 11 is 1.83. The third-order valence-electron chi connectivity index (χ3n) is 6.50. The molecule has 1 amide bonds. The molecule has 0 N–H and O–H groups in total. The number of carbonyl (C=O) groups excluding carboxylic acids is 1. The summed E-state index contributed by atoms with van der Waals surface area (Å²) in [6.45, 7) is 4.07. The lowest BCUT2D eigenvalue weighted by atomic mass is 9.62. The molecule has 2 aliphatic heterocycles. The van der Waals surface area contributed by atoms with Crippen molar-refractivity contribution in [3.63, 3.8) is 0 Å². The number of piperidine rings is 1. The fourth-order valence-corrected chi connectivity index (χ4v) is 5.62. The van der Waals surface area contributed by atoms with Gasteiger partial charge >= 0.3 is 0 Å². The number of carbonyl (C=O) groups is 1. The maximum Gasteiger partial charge on any atom is 0.231 e. The van der Waals surface area contributed by atoms with Crippen molar-refractivity contribution in [3.05, 3.63) is 58.3 Å². The summed E-state index contributed by atoms with van der Waals surface area (Å²) in [7, 11) is 0. The first kappa shape index (κ1) is 16.5. The van der Waals surface area contributed by atoms with E-state index < -0.39 is 0 Å². The third kappa shape index (κ3) is 2.80. The molecular formula is C22H26N2OS. The Morgan fingerprint density at radius 2 is 1.81 bits per heavy atom. The predicted molar refractivity (Wildman–Crippen MR) is 105 cm³/mol. The van der Waals surface area contributed by atoms with Gasteiger partial charge in [0.1, 0.15) is 0 Å². The first-order chi connectivity index (χ1) is 12.8. The van der Waals surface area contributed by atoms with Gasteiger partial charge in [-0.05, 0) is 61.7 Å². The molecule has 1 aliphatic carbocycles. The summed E-state index contributed by atoms with van der Waals surface area (Å²) in [6.07, 6.45) is 4.59. The van der Waals surface area contributed by atoms with E-state index in [1.54, 1.807) is 0 Å². The molecule has 136 valence electrons. The van der Waals surface area contributed by atoms with Crippen molar-refractivity contribution in [1.82, 2.24) is 9.80 Å². The molecule has 26 heavy (non-hydrogen) atoms. The van der Waals surface area contributed by atoms with Crippen LogP contribution in [0.2, 0.25) is 0 Å². The van der Waals surface area contributed by atoms with E-state index in [9.17, 15) is 4.79 Å². The van der Waals surface area contributed by atoms with Crippen LogP contribution in [0.15, 0.2) is 47.8 Å². The summed E-state index contributed by atoms with van der Waals surface area (Å²) in [5, 5.41) is 2.15. The quantitative estimate of drug-likeness (QED) is 0.736. The lowest BCUT2D eigenvalue weighted by Crippen LogP contribution is -2.66. The van der Waals surface area contributed by atoms with Crippen molar-refractivity contribution < 1.29 is 4.79 Å². The molecule has 1 aromatic carbocycles. The van der Waals surface area contributed by atoms with E-state index in [2.05, 4.69) is 57.6 Å². The second kappa shape index (κ2) is 6.50. The standard InChI is InChI=1S/C22H26N2OS/c25-21-22(10-12-23(13-11-22)16-19-7-4-14-26-19)20(18-5-2-1-3-6-18)24(21)15-17-8-9-17/h1-7,14,17,20H,8-13,15-16H2/t20-/m0/s1. The third-order valence-corrected chi connectivity index (χ3v) is 7.36. The van der Waals surface area contributed by atoms with Gasteiger partial charge in [0.15, 0.2) is 0 Å². The number of rotatable bonds is 5. The van der Waals surface area contributed by atoms with Crippen LogP contribution in [-0.4, -0.2) is 35.3 Å². The molecule has 0 radical (unpaired) electrons. The van der Waals surface area contributed by atoms with E-state index in [0.29, 0.717) is 11.9 Å². The van der Waals surface area contributed by atoms with Crippen LogP contribution >= 0.6 is 11.3 Å². The molecule has 1 atom stereocenters. The smallest absolute Gasteiger partial charge is 0.231 e. The average Bonchev–Trinajstić information content (AvgIpc) is 3.36. The molecule has 3 heterocycles. The molecule has 1 saturated carbocycles. The summed E-state index contributed by atoms with van der Waals surface area (Å²) in [4.78, 5) is 19.4. The Balaban J connectivity index is 1.34. The Hall–Kier alpha value is -1.65. The molecule has 1 spiro atoms. The molecule has 3 fully saturated rings. The maximum atomic E-state index is 13.2. The molecule has 5 rings (SSSR count). The van der Waals surface area contributed by atoms with Crippen LogP contribution < -0.4 is 0 Å². The minimum absolute atomic E-state index is 0.151. The van der Waals surface area contributed by atoms with E-state index in [-0.39, 0.29) is 5.41 Å². The van der Waals surface area contributed by atoms with Crippen molar-refractivity contribution in [3.8, 4) is 0 Å². The van der Waals surface area contributed by atoms with Gasteiger partial charge in [0.25, 0.3) is 0 Å². The van der Waals surface area contributed by atoms with Gasteiger partial charge in [0.05, 0.1) is 11.5 Å².